The van der Waals surface area contributed by atoms with E-state index >= 15 is 0 Å². The standard InChI is InChI=1S/C26H22N2O3/c29-26-21-12-4-6-14-23(21)27-25(28(26)17-20-11-8-16-30-20)22-13-5-7-15-24(22)31-18-19-9-2-1-3-10-19/h1-16,25,27H,17-18H2/t25-/m1/s1. The van der Waals surface area contributed by atoms with Gasteiger partial charge in [0.1, 0.15) is 24.3 Å². The Bertz CT molecular complexity index is 1170. The van der Waals surface area contributed by atoms with Gasteiger partial charge in [0, 0.05) is 11.3 Å². The minimum atomic E-state index is -0.389. The maximum atomic E-state index is 13.4. The molecular formula is C26H22N2O3. The topological polar surface area (TPSA) is 54.7 Å². The Morgan fingerprint density at radius 3 is 2.48 bits per heavy atom. The van der Waals surface area contributed by atoms with E-state index < -0.39 is 0 Å². The summed E-state index contributed by atoms with van der Waals surface area (Å²) in [5.41, 5.74) is 3.44. The maximum Gasteiger partial charge on any atom is 0.258 e. The van der Waals surface area contributed by atoms with Crippen molar-refractivity contribution in [1.82, 2.24) is 4.90 Å². The molecule has 0 spiro atoms. The molecule has 0 fully saturated rings. The molecule has 1 atom stereocenters. The first kappa shape index (κ1) is 19.0. The van der Waals surface area contributed by atoms with Crippen molar-refractivity contribution < 1.29 is 13.9 Å². The van der Waals surface area contributed by atoms with Gasteiger partial charge < -0.3 is 19.4 Å². The lowest BCUT2D eigenvalue weighted by molar-refractivity contribution is 0.0648. The SMILES string of the molecule is O=C1c2ccccc2N[C@@H](c2ccccc2OCc2ccccc2)N1Cc1ccco1. The van der Waals surface area contributed by atoms with Crippen LogP contribution in [-0.2, 0) is 13.2 Å². The molecule has 1 aliphatic heterocycles. The van der Waals surface area contributed by atoms with Crippen LogP contribution in [-0.4, -0.2) is 10.8 Å². The number of para-hydroxylation sites is 2. The van der Waals surface area contributed by atoms with Gasteiger partial charge in [-0.1, -0.05) is 60.7 Å². The first-order valence-corrected chi connectivity index (χ1v) is 10.2. The number of furan rings is 1. The number of ether oxygens (including phenoxy) is 1. The molecule has 3 aromatic carbocycles. The number of anilines is 1. The van der Waals surface area contributed by atoms with Crippen LogP contribution in [0.1, 0.15) is 33.4 Å². The minimum absolute atomic E-state index is 0.0476. The highest BCUT2D eigenvalue weighted by molar-refractivity contribution is 6.01. The van der Waals surface area contributed by atoms with E-state index in [9.17, 15) is 4.79 Å². The molecule has 0 unspecified atom stereocenters. The summed E-state index contributed by atoms with van der Waals surface area (Å²) in [6.45, 7) is 0.804. The van der Waals surface area contributed by atoms with Crippen molar-refractivity contribution in [1.29, 1.82) is 0 Å². The largest absolute Gasteiger partial charge is 0.488 e. The summed E-state index contributed by atoms with van der Waals surface area (Å²) < 4.78 is 11.7. The predicted octanol–water partition coefficient (Wildman–Crippen LogP) is 5.63. The number of carbonyl (C=O) groups excluding carboxylic acids is 1. The maximum absolute atomic E-state index is 13.4. The van der Waals surface area contributed by atoms with Crippen molar-refractivity contribution in [3.63, 3.8) is 0 Å². The van der Waals surface area contributed by atoms with Crippen LogP contribution < -0.4 is 10.1 Å². The molecule has 5 rings (SSSR count). The second-order valence-corrected chi connectivity index (χ2v) is 7.42. The van der Waals surface area contributed by atoms with Crippen molar-refractivity contribution in [3.8, 4) is 5.75 Å². The van der Waals surface area contributed by atoms with Crippen LogP contribution in [0.4, 0.5) is 5.69 Å². The van der Waals surface area contributed by atoms with E-state index in [1.54, 1.807) is 11.2 Å². The van der Waals surface area contributed by atoms with Crippen molar-refractivity contribution in [2.45, 2.75) is 19.3 Å². The summed E-state index contributed by atoms with van der Waals surface area (Å²) in [6.07, 6.45) is 1.23. The molecule has 2 heterocycles. The van der Waals surface area contributed by atoms with Crippen molar-refractivity contribution in [2.75, 3.05) is 5.32 Å². The third-order valence-corrected chi connectivity index (χ3v) is 5.38. The van der Waals surface area contributed by atoms with Crippen molar-refractivity contribution >= 4 is 11.6 Å². The first-order chi connectivity index (χ1) is 15.3. The van der Waals surface area contributed by atoms with Gasteiger partial charge in [0.05, 0.1) is 18.4 Å². The molecule has 31 heavy (non-hydrogen) atoms. The first-order valence-electron chi connectivity index (χ1n) is 10.2. The second kappa shape index (κ2) is 8.40. The van der Waals surface area contributed by atoms with E-state index in [1.807, 2.05) is 91.0 Å². The number of carbonyl (C=O) groups is 1. The Balaban J connectivity index is 1.50. The fourth-order valence-electron chi connectivity index (χ4n) is 3.85. The van der Waals surface area contributed by atoms with E-state index in [0.717, 1.165) is 28.3 Å². The average Bonchev–Trinajstić information content (AvgIpc) is 3.34. The second-order valence-electron chi connectivity index (χ2n) is 7.42. The van der Waals surface area contributed by atoms with Gasteiger partial charge in [-0.15, -0.1) is 0 Å². The van der Waals surface area contributed by atoms with E-state index in [4.69, 9.17) is 9.15 Å². The summed E-state index contributed by atoms with van der Waals surface area (Å²) in [7, 11) is 0. The number of hydrogen-bond acceptors (Lipinski definition) is 4. The van der Waals surface area contributed by atoms with Gasteiger partial charge in [0.2, 0.25) is 0 Å². The Hall–Kier alpha value is -3.99. The van der Waals surface area contributed by atoms with Gasteiger partial charge in [0.25, 0.3) is 5.91 Å². The van der Waals surface area contributed by atoms with Crippen LogP contribution in [0, 0.1) is 0 Å². The quantitative estimate of drug-likeness (QED) is 0.448. The molecule has 1 amide bonds. The van der Waals surface area contributed by atoms with Gasteiger partial charge >= 0.3 is 0 Å². The van der Waals surface area contributed by atoms with Crippen molar-refractivity contribution in [2.24, 2.45) is 0 Å². The van der Waals surface area contributed by atoms with E-state index in [0.29, 0.717) is 18.7 Å². The number of hydrogen-bond donors (Lipinski definition) is 1. The van der Waals surface area contributed by atoms with Gasteiger partial charge in [-0.25, -0.2) is 0 Å². The molecule has 154 valence electrons. The van der Waals surface area contributed by atoms with Crippen LogP contribution in [0.25, 0.3) is 0 Å². The van der Waals surface area contributed by atoms with E-state index in [1.165, 1.54) is 0 Å². The Morgan fingerprint density at radius 1 is 0.871 bits per heavy atom. The highest BCUT2D eigenvalue weighted by Crippen LogP contribution is 2.37. The van der Waals surface area contributed by atoms with Gasteiger partial charge in [-0.2, -0.15) is 0 Å². The Kier molecular flexibility index (Phi) is 5.15. The summed E-state index contributed by atoms with van der Waals surface area (Å²) in [4.78, 5) is 15.2. The smallest absolute Gasteiger partial charge is 0.258 e. The molecule has 0 saturated carbocycles. The van der Waals surface area contributed by atoms with Crippen LogP contribution >= 0.6 is 0 Å². The van der Waals surface area contributed by atoms with Crippen LogP contribution in [0.2, 0.25) is 0 Å². The predicted molar refractivity (Wildman–Crippen MR) is 119 cm³/mol. The van der Waals surface area contributed by atoms with Crippen molar-refractivity contribution in [3.05, 3.63) is 120 Å². The number of nitrogens with zero attached hydrogens (tertiary/aromatic N) is 1. The summed E-state index contributed by atoms with van der Waals surface area (Å²) in [5.74, 6) is 1.41. The normalized spacial score (nSPS) is 15.3. The molecule has 1 N–H and O–H groups in total. The average molecular weight is 410 g/mol. The zero-order chi connectivity index (χ0) is 21.0. The monoisotopic (exact) mass is 410 g/mol. The number of nitrogens with one attached hydrogen (secondary N) is 1. The van der Waals surface area contributed by atoms with Crippen LogP contribution in [0.3, 0.4) is 0 Å². The Labute approximate surface area is 180 Å². The molecule has 1 aromatic heterocycles. The van der Waals surface area contributed by atoms with E-state index in [2.05, 4.69) is 5.32 Å². The van der Waals surface area contributed by atoms with E-state index in [-0.39, 0.29) is 12.1 Å². The lowest BCUT2D eigenvalue weighted by atomic mass is 10.0. The summed E-state index contributed by atoms with van der Waals surface area (Å²) in [5, 5.41) is 3.53. The lowest BCUT2D eigenvalue weighted by Crippen LogP contribution is -2.42. The molecule has 0 bridgehead atoms. The third-order valence-electron chi connectivity index (χ3n) is 5.38. The number of amides is 1. The number of rotatable bonds is 6. The molecule has 5 heteroatoms. The van der Waals surface area contributed by atoms with Gasteiger partial charge in [-0.3, -0.25) is 4.79 Å². The molecule has 4 aromatic rings. The Morgan fingerprint density at radius 2 is 1.65 bits per heavy atom. The van der Waals surface area contributed by atoms with Crippen LogP contribution in [0.15, 0.2) is 102 Å². The van der Waals surface area contributed by atoms with Gasteiger partial charge in [0.15, 0.2) is 0 Å². The highest BCUT2D eigenvalue weighted by atomic mass is 16.5. The fourth-order valence-corrected chi connectivity index (χ4v) is 3.85. The number of benzene rings is 3. The summed E-state index contributed by atoms with van der Waals surface area (Å²) in [6, 6.07) is 29.2. The minimum Gasteiger partial charge on any atom is -0.488 e. The lowest BCUT2D eigenvalue weighted by Gasteiger charge is -2.38. The zero-order valence-electron chi connectivity index (χ0n) is 16.9. The van der Waals surface area contributed by atoms with Crippen LogP contribution in [0.5, 0.6) is 5.75 Å². The number of fused-ring (bicyclic) bond motifs is 1. The molecule has 0 saturated heterocycles. The highest BCUT2D eigenvalue weighted by Gasteiger charge is 2.34. The third kappa shape index (κ3) is 3.90. The molecular weight excluding hydrogens is 388 g/mol. The fraction of sp³-hybridized carbons (Fsp3) is 0.115. The molecule has 1 aliphatic rings. The summed E-state index contributed by atoms with van der Waals surface area (Å²) >= 11 is 0. The zero-order valence-corrected chi connectivity index (χ0v) is 16.9. The molecule has 5 nitrogen and oxygen atoms in total. The van der Waals surface area contributed by atoms with Gasteiger partial charge in [-0.05, 0) is 35.9 Å². The molecule has 0 aliphatic carbocycles. The molecule has 0 radical (unpaired) electrons.